The minimum absolute atomic E-state index is 0.0389. The Morgan fingerprint density at radius 2 is 2.22 bits per heavy atom. The summed E-state index contributed by atoms with van der Waals surface area (Å²) in [7, 11) is 0. The van der Waals surface area contributed by atoms with Crippen molar-refractivity contribution in [3.8, 4) is 5.75 Å². The SMILES string of the molecule is CCC(C)COc1cccc([N+](=O)[O-])c1C(=O)O. The molecule has 0 amide bonds. The van der Waals surface area contributed by atoms with Crippen LogP contribution in [0.15, 0.2) is 18.2 Å². The van der Waals surface area contributed by atoms with Gasteiger partial charge in [-0.15, -0.1) is 0 Å². The fourth-order valence-corrected chi connectivity index (χ4v) is 1.36. The molecule has 1 atom stereocenters. The van der Waals surface area contributed by atoms with E-state index in [2.05, 4.69) is 0 Å². The van der Waals surface area contributed by atoms with Crippen LogP contribution in [-0.4, -0.2) is 22.6 Å². The molecule has 0 aromatic heterocycles. The summed E-state index contributed by atoms with van der Waals surface area (Å²) < 4.78 is 5.36. The van der Waals surface area contributed by atoms with E-state index in [1.807, 2.05) is 13.8 Å². The minimum atomic E-state index is -1.36. The Morgan fingerprint density at radius 3 is 2.72 bits per heavy atom. The third-order valence-electron chi connectivity index (χ3n) is 2.64. The molecule has 0 bridgehead atoms. The third kappa shape index (κ3) is 3.19. The molecule has 98 valence electrons. The highest BCUT2D eigenvalue weighted by Crippen LogP contribution is 2.28. The predicted molar refractivity (Wildman–Crippen MR) is 65.0 cm³/mol. The first kappa shape index (κ1) is 14.0. The average molecular weight is 253 g/mol. The molecule has 1 aromatic carbocycles. The summed E-state index contributed by atoms with van der Waals surface area (Å²) >= 11 is 0. The maximum atomic E-state index is 11.1. The molecule has 6 nitrogen and oxygen atoms in total. The van der Waals surface area contributed by atoms with Crippen LogP contribution >= 0.6 is 0 Å². The first-order valence-electron chi connectivity index (χ1n) is 5.60. The van der Waals surface area contributed by atoms with E-state index in [-0.39, 0.29) is 11.7 Å². The van der Waals surface area contributed by atoms with Crippen molar-refractivity contribution in [3.05, 3.63) is 33.9 Å². The summed E-state index contributed by atoms with van der Waals surface area (Å²) in [5, 5.41) is 19.8. The molecule has 18 heavy (non-hydrogen) atoms. The number of hydrogen-bond donors (Lipinski definition) is 1. The van der Waals surface area contributed by atoms with Crippen molar-refractivity contribution in [1.82, 2.24) is 0 Å². The second-order valence-corrected chi connectivity index (χ2v) is 4.04. The molecule has 0 aliphatic rings. The third-order valence-corrected chi connectivity index (χ3v) is 2.64. The summed E-state index contributed by atoms with van der Waals surface area (Å²) in [5.41, 5.74) is -0.852. The highest BCUT2D eigenvalue weighted by atomic mass is 16.6. The molecule has 1 aromatic rings. The van der Waals surface area contributed by atoms with Crippen LogP contribution in [0.1, 0.15) is 30.6 Å². The highest BCUT2D eigenvalue weighted by molar-refractivity contribution is 5.95. The molecule has 6 heteroatoms. The van der Waals surface area contributed by atoms with E-state index in [0.717, 1.165) is 12.5 Å². The number of nitro groups is 1. The first-order valence-corrected chi connectivity index (χ1v) is 5.60. The number of nitro benzene ring substituents is 1. The van der Waals surface area contributed by atoms with Gasteiger partial charge in [0.15, 0.2) is 5.56 Å². The lowest BCUT2D eigenvalue weighted by Crippen LogP contribution is -2.11. The average Bonchev–Trinajstić information content (AvgIpc) is 2.34. The minimum Gasteiger partial charge on any atom is -0.492 e. The summed E-state index contributed by atoms with van der Waals surface area (Å²) in [6.07, 6.45) is 0.886. The molecule has 1 rings (SSSR count). The van der Waals surface area contributed by atoms with Crippen LogP contribution in [0, 0.1) is 16.0 Å². The molecular formula is C12H15NO5. The largest absolute Gasteiger partial charge is 0.492 e. The van der Waals surface area contributed by atoms with E-state index in [9.17, 15) is 14.9 Å². The van der Waals surface area contributed by atoms with E-state index in [1.165, 1.54) is 12.1 Å². The summed E-state index contributed by atoms with van der Waals surface area (Å²) in [5.74, 6) is -1.07. The molecule has 0 saturated heterocycles. The zero-order chi connectivity index (χ0) is 13.7. The van der Waals surface area contributed by atoms with E-state index in [1.54, 1.807) is 0 Å². The number of carboxylic acid groups (broad SMARTS) is 1. The molecule has 0 radical (unpaired) electrons. The molecule has 0 fully saturated rings. The second kappa shape index (κ2) is 6.00. The van der Waals surface area contributed by atoms with E-state index >= 15 is 0 Å². The summed E-state index contributed by atoms with van der Waals surface area (Å²) in [6.45, 7) is 4.27. The van der Waals surface area contributed by atoms with E-state index < -0.39 is 22.1 Å². The van der Waals surface area contributed by atoms with Crippen LogP contribution < -0.4 is 4.74 Å². The van der Waals surface area contributed by atoms with Gasteiger partial charge in [-0.1, -0.05) is 26.3 Å². The number of nitrogens with zero attached hydrogens (tertiary/aromatic N) is 1. The first-order chi connectivity index (χ1) is 8.47. The van der Waals surface area contributed by atoms with Crippen LogP contribution in [0.25, 0.3) is 0 Å². The maximum Gasteiger partial charge on any atom is 0.346 e. The normalized spacial score (nSPS) is 11.9. The predicted octanol–water partition coefficient (Wildman–Crippen LogP) is 2.72. The Hall–Kier alpha value is -2.11. The molecule has 1 N–H and O–H groups in total. The van der Waals surface area contributed by atoms with Gasteiger partial charge in [-0.25, -0.2) is 4.79 Å². The van der Waals surface area contributed by atoms with Gasteiger partial charge in [-0.3, -0.25) is 10.1 Å². The quantitative estimate of drug-likeness (QED) is 0.621. The van der Waals surface area contributed by atoms with Crippen molar-refractivity contribution in [2.75, 3.05) is 6.61 Å². The van der Waals surface area contributed by atoms with Crippen LogP contribution in [0.4, 0.5) is 5.69 Å². The molecule has 0 heterocycles. The topological polar surface area (TPSA) is 89.7 Å². The zero-order valence-electron chi connectivity index (χ0n) is 10.3. The molecule has 0 spiro atoms. The fraction of sp³-hybridized carbons (Fsp3) is 0.417. The van der Waals surface area contributed by atoms with Gasteiger partial charge in [0.1, 0.15) is 5.75 Å². The van der Waals surface area contributed by atoms with Gasteiger partial charge in [0.05, 0.1) is 11.5 Å². The van der Waals surface area contributed by atoms with Crippen LogP contribution in [0.3, 0.4) is 0 Å². The number of carboxylic acids is 1. The van der Waals surface area contributed by atoms with Gasteiger partial charge in [0.25, 0.3) is 5.69 Å². The van der Waals surface area contributed by atoms with Crippen LogP contribution in [-0.2, 0) is 0 Å². The number of ether oxygens (including phenoxy) is 1. The summed E-state index contributed by atoms with van der Waals surface area (Å²) in [6, 6.07) is 3.99. The number of aromatic carboxylic acids is 1. The van der Waals surface area contributed by atoms with Gasteiger partial charge in [-0.05, 0) is 12.0 Å². The zero-order valence-corrected chi connectivity index (χ0v) is 10.3. The van der Waals surface area contributed by atoms with Crippen molar-refractivity contribution in [2.24, 2.45) is 5.92 Å². The van der Waals surface area contributed by atoms with Crippen molar-refractivity contribution in [1.29, 1.82) is 0 Å². The molecular weight excluding hydrogens is 238 g/mol. The molecule has 1 unspecified atom stereocenters. The van der Waals surface area contributed by atoms with Crippen molar-refractivity contribution in [2.45, 2.75) is 20.3 Å². The Morgan fingerprint density at radius 1 is 1.56 bits per heavy atom. The number of rotatable bonds is 6. The van der Waals surface area contributed by atoms with Crippen molar-refractivity contribution in [3.63, 3.8) is 0 Å². The van der Waals surface area contributed by atoms with Gasteiger partial charge >= 0.3 is 5.97 Å². The molecule has 0 aliphatic heterocycles. The monoisotopic (exact) mass is 253 g/mol. The van der Waals surface area contributed by atoms with Gasteiger partial charge in [0.2, 0.25) is 0 Å². The Kier molecular flexibility index (Phi) is 4.65. The highest BCUT2D eigenvalue weighted by Gasteiger charge is 2.24. The van der Waals surface area contributed by atoms with Gasteiger partial charge in [-0.2, -0.15) is 0 Å². The van der Waals surface area contributed by atoms with Gasteiger partial charge < -0.3 is 9.84 Å². The van der Waals surface area contributed by atoms with Gasteiger partial charge in [0, 0.05) is 6.07 Å². The summed E-state index contributed by atoms with van der Waals surface area (Å²) in [4.78, 5) is 21.1. The van der Waals surface area contributed by atoms with E-state index in [0.29, 0.717) is 6.61 Å². The van der Waals surface area contributed by atoms with E-state index in [4.69, 9.17) is 9.84 Å². The lowest BCUT2D eigenvalue weighted by Gasteiger charge is -2.12. The maximum absolute atomic E-state index is 11.1. The number of carbonyl (C=O) groups is 1. The lowest BCUT2D eigenvalue weighted by atomic mass is 10.1. The Labute approximate surface area is 104 Å². The Balaban J connectivity index is 3.07. The number of hydrogen-bond acceptors (Lipinski definition) is 4. The standard InChI is InChI=1S/C12H15NO5/c1-3-8(2)7-18-10-6-4-5-9(13(16)17)11(10)12(14)15/h4-6,8H,3,7H2,1-2H3,(H,14,15). The number of benzene rings is 1. The second-order valence-electron chi connectivity index (χ2n) is 4.04. The fourth-order valence-electron chi connectivity index (χ4n) is 1.36. The Bertz CT molecular complexity index is 458. The molecule has 0 saturated carbocycles. The smallest absolute Gasteiger partial charge is 0.346 e. The van der Waals surface area contributed by atoms with Crippen molar-refractivity contribution < 1.29 is 19.6 Å². The van der Waals surface area contributed by atoms with Crippen molar-refractivity contribution >= 4 is 11.7 Å². The van der Waals surface area contributed by atoms with Crippen LogP contribution in [0.2, 0.25) is 0 Å². The van der Waals surface area contributed by atoms with Crippen LogP contribution in [0.5, 0.6) is 5.75 Å². The lowest BCUT2D eigenvalue weighted by molar-refractivity contribution is -0.385. The molecule has 0 aliphatic carbocycles.